The number of benzene rings is 3. The summed E-state index contributed by atoms with van der Waals surface area (Å²) < 4.78 is 5.25. The van der Waals surface area contributed by atoms with E-state index in [-0.39, 0.29) is 0 Å². The lowest BCUT2D eigenvalue weighted by Crippen LogP contribution is -2.35. The fourth-order valence-electron chi connectivity index (χ4n) is 4.06. The molecule has 0 saturated carbocycles. The Balaban J connectivity index is 1.62. The van der Waals surface area contributed by atoms with Crippen molar-refractivity contribution in [1.82, 2.24) is 0 Å². The first-order valence-electron chi connectivity index (χ1n) is 9.52. The van der Waals surface area contributed by atoms with Crippen LogP contribution in [0.2, 0.25) is 5.02 Å². The number of aryl methyl sites for hydroxylation is 1. The molecule has 0 spiro atoms. The molecular formula is C24H25ClN2O. The van der Waals surface area contributed by atoms with Crippen LogP contribution in [0.15, 0.2) is 66.7 Å². The van der Waals surface area contributed by atoms with Crippen LogP contribution in [-0.4, -0.2) is 14.2 Å². The van der Waals surface area contributed by atoms with Crippen molar-refractivity contribution in [1.29, 1.82) is 0 Å². The lowest BCUT2D eigenvalue weighted by Gasteiger charge is -2.28. The van der Waals surface area contributed by atoms with Gasteiger partial charge < -0.3 is 15.4 Å². The molecule has 3 aromatic rings. The van der Waals surface area contributed by atoms with Crippen LogP contribution in [0.3, 0.4) is 0 Å². The van der Waals surface area contributed by atoms with Crippen molar-refractivity contribution in [2.24, 2.45) is 5.73 Å². The molecule has 3 aromatic carbocycles. The molecule has 0 radical (unpaired) electrons. The summed E-state index contributed by atoms with van der Waals surface area (Å²) in [7, 11) is 3.79. The molecule has 0 heterocycles. The minimum atomic E-state index is -0.489. The van der Waals surface area contributed by atoms with Crippen molar-refractivity contribution >= 4 is 17.3 Å². The topological polar surface area (TPSA) is 38.5 Å². The second kappa shape index (κ2) is 7.50. The van der Waals surface area contributed by atoms with Gasteiger partial charge in [-0.15, -0.1) is 0 Å². The molecule has 0 aliphatic heterocycles. The van der Waals surface area contributed by atoms with E-state index in [0.717, 1.165) is 41.4 Å². The van der Waals surface area contributed by atoms with Gasteiger partial charge in [0.2, 0.25) is 0 Å². The van der Waals surface area contributed by atoms with E-state index >= 15 is 0 Å². The average Bonchev–Trinajstić information content (AvgIpc) is 3.06. The van der Waals surface area contributed by atoms with Gasteiger partial charge in [-0.25, -0.2) is 0 Å². The van der Waals surface area contributed by atoms with Gasteiger partial charge in [0.1, 0.15) is 5.75 Å². The van der Waals surface area contributed by atoms with Crippen LogP contribution < -0.4 is 15.4 Å². The van der Waals surface area contributed by atoms with Crippen molar-refractivity contribution in [3.05, 3.63) is 94.0 Å². The Bertz CT molecular complexity index is 986. The number of fused-ring (bicyclic) bond motifs is 1. The molecule has 1 aliphatic carbocycles. The van der Waals surface area contributed by atoms with Gasteiger partial charge >= 0.3 is 0 Å². The van der Waals surface area contributed by atoms with E-state index in [2.05, 4.69) is 48.3 Å². The third-order valence-electron chi connectivity index (χ3n) is 5.72. The highest BCUT2D eigenvalue weighted by Gasteiger charge is 2.37. The molecule has 2 N–H and O–H groups in total. The molecular weight excluding hydrogens is 368 g/mol. The van der Waals surface area contributed by atoms with Gasteiger partial charge in [-0.2, -0.15) is 0 Å². The molecule has 1 atom stereocenters. The Labute approximate surface area is 171 Å². The summed E-state index contributed by atoms with van der Waals surface area (Å²) in [4.78, 5) is 2.25. The molecule has 144 valence electrons. The third-order valence-corrected chi connectivity index (χ3v) is 5.96. The molecule has 1 unspecified atom stereocenters. The smallest absolute Gasteiger partial charge is 0.118 e. The Morgan fingerprint density at radius 3 is 2.57 bits per heavy atom. The normalized spacial score (nSPS) is 18.0. The largest absolute Gasteiger partial charge is 0.497 e. The highest BCUT2D eigenvalue weighted by Crippen LogP contribution is 2.42. The predicted octanol–water partition coefficient (Wildman–Crippen LogP) is 5.13. The zero-order valence-electron chi connectivity index (χ0n) is 16.3. The minimum absolute atomic E-state index is 0.489. The number of anilines is 1. The molecule has 0 amide bonds. The van der Waals surface area contributed by atoms with E-state index in [0.29, 0.717) is 0 Å². The Hall–Kier alpha value is -2.49. The van der Waals surface area contributed by atoms with Crippen molar-refractivity contribution < 1.29 is 4.74 Å². The van der Waals surface area contributed by atoms with Gasteiger partial charge in [0, 0.05) is 24.3 Å². The summed E-state index contributed by atoms with van der Waals surface area (Å²) in [5.74, 6) is 0.873. The molecule has 0 fully saturated rings. The number of methoxy groups -OCH3 is 1. The van der Waals surface area contributed by atoms with Crippen LogP contribution in [0, 0.1) is 0 Å². The van der Waals surface area contributed by atoms with Crippen molar-refractivity contribution in [2.75, 3.05) is 19.1 Å². The van der Waals surface area contributed by atoms with E-state index in [9.17, 15) is 0 Å². The molecule has 28 heavy (non-hydrogen) atoms. The SMILES string of the molecule is COc1ccc(CN(C)c2ccc3c(c2)C(N)(c2cccc(Cl)c2)CC3)cc1. The van der Waals surface area contributed by atoms with Crippen molar-refractivity contribution in [3.8, 4) is 5.75 Å². The fourth-order valence-corrected chi connectivity index (χ4v) is 4.25. The molecule has 0 bridgehead atoms. The lowest BCUT2D eigenvalue weighted by molar-refractivity contribution is 0.414. The predicted molar refractivity (Wildman–Crippen MR) is 116 cm³/mol. The van der Waals surface area contributed by atoms with Crippen molar-refractivity contribution in [2.45, 2.75) is 24.9 Å². The first-order chi connectivity index (χ1) is 13.5. The molecule has 1 aliphatic rings. The van der Waals surface area contributed by atoms with E-state index in [1.165, 1.54) is 16.7 Å². The van der Waals surface area contributed by atoms with Gasteiger partial charge in [-0.1, -0.05) is 41.9 Å². The van der Waals surface area contributed by atoms with Gasteiger partial charge in [0.15, 0.2) is 0 Å². The summed E-state index contributed by atoms with van der Waals surface area (Å²) in [5, 5.41) is 0.726. The van der Waals surface area contributed by atoms with Crippen LogP contribution in [-0.2, 0) is 18.5 Å². The standard InChI is InChI=1S/C24H25ClN2O/c1-27(16-17-6-10-22(28-2)11-7-17)21-9-8-18-12-13-24(26,23(18)15-21)19-4-3-5-20(25)14-19/h3-11,14-15H,12-13,16,26H2,1-2H3. The van der Waals surface area contributed by atoms with Gasteiger partial charge in [0.05, 0.1) is 12.6 Å². The summed E-state index contributed by atoms with van der Waals surface area (Å²) in [5.41, 5.74) is 12.4. The summed E-state index contributed by atoms with van der Waals surface area (Å²) >= 11 is 6.23. The van der Waals surface area contributed by atoms with Gasteiger partial charge in [-0.05, 0) is 71.5 Å². The number of hydrogen-bond acceptors (Lipinski definition) is 3. The fraction of sp³-hybridized carbons (Fsp3) is 0.250. The zero-order chi connectivity index (χ0) is 19.7. The Kier molecular flexibility index (Phi) is 5.05. The molecule has 0 aromatic heterocycles. The average molecular weight is 393 g/mol. The van der Waals surface area contributed by atoms with Gasteiger partial charge in [-0.3, -0.25) is 0 Å². The van der Waals surface area contributed by atoms with E-state index in [1.54, 1.807) is 7.11 Å². The minimum Gasteiger partial charge on any atom is -0.497 e. The number of hydrogen-bond donors (Lipinski definition) is 1. The van der Waals surface area contributed by atoms with Gasteiger partial charge in [0.25, 0.3) is 0 Å². The van der Waals surface area contributed by atoms with Crippen LogP contribution >= 0.6 is 11.6 Å². The van der Waals surface area contributed by atoms with Crippen LogP contribution in [0.25, 0.3) is 0 Å². The molecule has 0 saturated heterocycles. The molecule has 4 rings (SSSR count). The number of nitrogens with two attached hydrogens (primary N) is 1. The zero-order valence-corrected chi connectivity index (χ0v) is 17.0. The van der Waals surface area contributed by atoms with Crippen LogP contribution in [0.4, 0.5) is 5.69 Å². The molecule has 4 heteroatoms. The highest BCUT2D eigenvalue weighted by molar-refractivity contribution is 6.30. The quantitative estimate of drug-likeness (QED) is 0.653. The molecule has 3 nitrogen and oxygen atoms in total. The number of rotatable bonds is 5. The Morgan fingerprint density at radius 2 is 1.86 bits per heavy atom. The third kappa shape index (κ3) is 3.48. The first-order valence-corrected chi connectivity index (χ1v) is 9.90. The number of nitrogens with zero attached hydrogens (tertiary/aromatic N) is 1. The van der Waals surface area contributed by atoms with Crippen LogP contribution in [0.1, 0.15) is 28.7 Å². The first kappa shape index (κ1) is 18.9. The van der Waals surface area contributed by atoms with E-state index < -0.39 is 5.54 Å². The highest BCUT2D eigenvalue weighted by atomic mass is 35.5. The van der Waals surface area contributed by atoms with E-state index in [4.69, 9.17) is 22.1 Å². The summed E-state index contributed by atoms with van der Waals surface area (Å²) in [6, 6.07) is 22.8. The van der Waals surface area contributed by atoms with E-state index in [1.807, 2.05) is 30.3 Å². The number of halogens is 1. The van der Waals surface area contributed by atoms with Crippen molar-refractivity contribution in [3.63, 3.8) is 0 Å². The maximum atomic E-state index is 6.92. The Morgan fingerprint density at radius 1 is 1.07 bits per heavy atom. The maximum Gasteiger partial charge on any atom is 0.118 e. The lowest BCUT2D eigenvalue weighted by atomic mass is 9.85. The summed E-state index contributed by atoms with van der Waals surface area (Å²) in [6.07, 6.45) is 1.88. The second-order valence-electron chi connectivity index (χ2n) is 7.53. The number of ether oxygens (including phenoxy) is 1. The second-order valence-corrected chi connectivity index (χ2v) is 7.96. The van der Waals surface area contributed by atoms with Crippen LogP contribution in [0.5, 0.6) is 5.75 Å². The maximum absolute atomic E-state index is 6.92. The summed E-state index contributed by atoms with van der Waals surface area (Å²) in [6.45, 7) is 0.817. The monoisotopic (exact) mass is 392 g/mol.